The SMILES string of the molecule is CSc1ncccc1C(=O)N1C[C@H]2C[C@@H](N3CCCC3)[C@H](O)C[C@H]2C1. The Morgan fingerprint density at radius 1 is 1.24 bits per heavy atom. The molecule has 0 spiro atoms. The third-order valence-corrected chi connectivity index (χ3v) is 6.91. The maximum absolute atomic E-state index is 13.0. The minimum Gasteiger partial charge on any atom is -0.391 e. The van der Waals surface area contributed by atoms with Crippen LogP contribution < -0.4 is 0 Å². The van der Waals surface area contributed by atoms with Crippen LogP contribution in [0.15, 0.2) is 23.4 Å². The highest BCUT2D eigenvalue weighted by Gasteiger charge is 2.45. The quantitative estimate of drug-likeness (QED) is 0.836. The molecule has 25 heavy (non-hydrogen) atoms. The van der Waals surface area contributed by atoms with E-state index in [9.17, 15) is 9.90 Å². The maximum Gasteiger partial charge on any atom is 0.256 e. The summed E-state index contributed by atoms with van der Waals surface area (Å²) >= 11 is 1.52. The van der Waals surface area contributed by atoms with Gasteiger partial charge in [-0.2, -0.15) is 0 Å². The van der Waals surface area contributed by atoms with Gasteiger partial charge in [0, 0.05) is 25.3 Å². The molecule has 3 aliphatic rings. The second-order valence-corrected chi connectivity index (χ2v) is 8.43. The zero-order chi connectivity index (χ0) is 17.4. The van der Waals surface area contributed by atoms with Crippen molar-refractivity contribution in [2.24, 2.45) is 11.8 Å². The number of carbonyl (C=O) groups excluding carboxylic acids is 1. The normalized spacial score (nSPS) is 32.8. The first-order valence-electron chi connectivity index (χ1n) is 9.37. The molecule has 0 unspecified atom stereocenters. The van der Waals surface area contributed by atoms with Crippen molar-refractivity contribution in [1.29, 1.82) is 0 Å². The number of hydrogen-bond acceptors (Lipinski definition) is 5. The predicted molar refractivity (Wildman–Crippen MR) is 98.7 cm³/mol. The van der Waals surface area contributed by atoms with Crippen molar-refractivity contribution in [1.82, 2.24) is 14.8 Å². The molecule has 1 saturated carbocycles. The van der Waals surface area contributed by atoms with Crippen molar-refractivity contribution < 1.29 is 9.90 Å². The fraction of sp³-hybridized carbons (Fsp3) is 0.684. The summed E-state index contributed by atoms with van der Waals surface area (Å²) in [5.74, 6) is 1.05. The number of pyridine rings is 1. The Labute approximate surface area is 153 Å². The molecule has 2 aliphatic heterocycles. The standard InChI is InChI=1S/C19H27N3O2S/c1-25-18-15(5-4-6-20-18)19(24)22-11-13-9-16(21-7-2-3-8-21)17(23)10-14(13)12-22/h4-6,13-14,16-17,23H,2-3,7-12H2,1H3/t13-,14+,16-,17-/m1/s1. The summed E-state index contributed by atoms with van der Waals surface area (Å²) < 4.78 is 0. The van der Waals surface area contributed by atoms with Gasteiger partial charge in [-0.15, -0.1) is 11.8 Å². The Hall–Kier alpha value is -1.11. The molecule has 1 amide bonds. The van der Waals surface area contributed by atoms with Crippen LogP contribution in [0.4, 0.5) is 0 Å². The van der Waals surface area contributed by atoms with Crippen LogP contribution in [0.25, 0.3) is 0 Å². The van der Waals surface area contributed by atoms with Gasteiger partial charge in [-0.05, 0) is 69.0 Å². The predicted octanol–water partition coefficient (Wildman–Crippen LogP) is 2.11. The summed E-state index contributed by atoms with van der Waals surface area (Å²) in [6.07, 6.45) is 7.81. The van der Waals surface area contributed by atoms with Gasteiger partial charge in [0.15, 0.2) is 0 Å². The van der Waals surface area contributed by atoms with Crippen LogP contribution >= 0.6 is 11.8 Å². The van der Waals surface area contributed by atoms with Crippen molar-refractivity contribution in [3.63, 3.8) is 0 Å². The highest BCUT2D eigenvalue weighted by atomic mass is 32.2. The van der Waals surface area contributed by atoms with Gasteiger partial charge >= 0.3 is 0 Å². The van der Waals surface area contributed by atoms with E-state index in [0.29, 0.717) is 23.4 Å². The maximum atomic E-state index is 13.0. The Morgan fingerprint density at radius 2 is 1.96 bits per heavy atom. The highest BCUT2D eigenvalue weighted by molar-refractivity contribution is 7.98. The first-order valence-corrected chi connectivity index (χ1v) is 10.6. The molecule has 1 aliphatic carbocycles. The van der Waals surface area contributed by atoms with E-state index in [1.54, 1.807) is 6.20 Å². The van der Waals surface area contributed by atoms with E-state index < -0.39 is 0 Å². The van der Waals surface area contributed by atoms with Crippen molar-refractivity contribution in [2.45, 2.75) is 42.9 Å². The summed E-state index contributed by atoms with van der Waals surface area (Å²) in [7, 11) is 0. The average Bonchev–Trinajstić information content (AvgIpc) is 3.29. The zero-order valence-corrected chi connectivity index (χ0v) is 15.6. The molecule has 1 aromatic heterocycles. The summed E-state index contributed by atoms with van der Waals surface area (Å²) in [6.45, 7) is 3.84. The van der Waals surface area contributed by atoms with Gasteiger partial charge in [0.25, 0.3) is 5.91 Å². The van der Waals surface area contributed by atoms with Gasteiger partial charge in [0.1, 0.15) is 5.03 Å². The van der Waals surface area contributed by atoms with E-state index in [2.05, 4.69) is 9.88 Å². The number of carbonyl (C=O) groups is 1. The molecule has 5 nitrogen and oxygen atoms in total. The topological polar surface area (TPSA) is 56.7 Å². The third-order valence-electron chi connectivity index (χ3n) is 6.20. The van der Waals surface area contributed by atoms with E-state index in [0.717, 1.165) is 44.0 Å². The van der Waals surface area contributed by atoms with Crippen LogP contribution in [-0.4, -0.2) is 70.4 Å². The van der Waals surface area contributed by atoms with Gasteiger partial charge in [0.05, 0.1) is 11.7 Å². The van der Waals surface area contributed by atoms with Crippen molar-refractivity contribution >= 4 is 17.7 Å². The smallest absolute Gasteiger partial charge is 0.256 e. The number of nitrogens with zero attached hydrogens (tertiary/aromatic N) is 3. The summed E-state index contributed by atoms with van der Waals surface area (Å²) in [5, 5.41) is 11.4. The van der Waals surface area contributed by atoms with E-state index in [1.807, 2.05) is 23.3 Å². The van der Waals surface area contributed by atoms with Crippen LogP contribution in [0.2, 0.25) is 0 Å². The number of amides is 1. The molecule has 136 valence electrons. The molecule has 3 heterocycles. The van der Waals surface area contributed by atoms with Gasteiger partial charge in [-0.25, -0.2) is 4.98 Å². The largest absolute Gasteiger partial charge is 0.391 e. The third kappa shape index (κ3) is 3.32. The second-order valence-electron chi connectivity index (χ2n) is 7.64. The molecule has 4 atom stereocenters. The van der Waals surface area contributed by atoms with Gasteiger partial charge in [-0.3, -0.25) is 9.69 Å². The van der Waals surface area contributed by atoms with Gasteiger partial charge < -0.3 is 10.0 Å². The lowest BCUT2D eigenvalue weighted by Crippen LogP contribution is -2.48. The van der Waals surface area contributed by atoms with Crippen LogP contribution in [0, 0.1) is 11.8 Å². The summed E-state index contributed by atoms with van der Waals surface area (Å²) in [4.78, 5) is 21.8. The summed E-state index contributed by atoms with van der Waals surface area (Å²) in [6, 6.07) is 4.01. The molecular formula is C19H27N3O2S. The van der Waals surface area contributed by atoms with Crippen LogP contribution in [0.1, 0.15) is 36.0 Å². The molecule has 1 N–H and O–H groups in total. The van der Waals surface area contributed by atoms with Crippen LogP contribution in [0.3, 0.4) is 0 Å². The molecule has 1 aromatic rings. The fourth-order valence-corrected chi connectivity index (χ4v) is 5.47. The van der Waals surface area contributed by atoms with Gasteiger partial charge in [0.2, 0.25) is 0 Å². The average molecular weight is 362 g/mol. The number of fused-ring (bicyclic) bond motifs is 1. The van der Waals surface area contributed by atoms with E-state index in [4.69, 9.17) is 0 Å². The Balaban J connectivity index is 1.46. The molecule has 0 aromatic carbocycles. The minimum absolute atomic E-state index is 0.0964. The highest BCUT2D eigenvalue weighted by Crippen LogP contribution is 2.39. The molecule has 2 saturated heterocycles. The van der Waals surface area contributed by atoms with Gasteiger partial charge in [-0.1, -0.05) is 0 Å². The first-order chi connectivity index (χ1) is 12.2. The minimum atomic E-state index is -0.241. The zero-order valence-electron chi connectivity index (χ0n) is 14.8. The lowest BCUT2D eigenvalue weighted by Gasteiger charge is -2.40. The lowest BCUT2D eigenvalue weighted by atomic mass is 9.77. The van der Waals surface area contributed by atoms with E-state index >= 15 is 0 Å². The number of aliphatic hydroxyl groups is 1. The number of aromatic nitrogens is 1. The number of hydrogen-bond donors (Lipinski definition) is 1. The Kier molecular flexibility index (Phi) is 5.02. The van der Waals surface area contributed by atoms with Crippen molar-refractivity contribution in [3.8, 4) is 0 Å². The fourth-order valence-electron chi connectivity index (χ4n) is 4.93. The molecule has 6 heteroatoms. The van der Waals surface area contributed by atoms with Crippen molar-refractivity contribution in [2.75, 3.05) is 32.4 Å². The lowest BCUT2D eigenvalue weighted by molar-refractivity contribution is -0.000864. The molecular weight excluding hydrogens is 334 g/mol. The van der Waals surface area contributed by atoms with Crippen LogP contribution in [-0.2, 0) is 0 Å². The van der Waals surface area contributed by atoms with Crippen LogP contribution in [0.5, 0.6) is 0 Å². The van der Waals surface area contributed by atoms with Crippen molar-refractivity contribution in [3.05, 3.63) is 23.9 Å². The van der Waals surface area contributed by atoms with E-state index in [1.165, 1.54) is 24.6 Å². The Bertz CT molecular complexity index is 635. The molecule has 4 rings (SSSR count). The monoisotopic (exact) mass is 361 g/mol. The number of likely N-dealkylation sites (tertiary alicyclic amines) is 2. The molecule has 0 radical (unpaired) electrons. The number of thioether (sulfide) groups is 1. The number of aliphatic hydroxyl groups excluding tert-OH is 1. The first kappa shape index (κ1) is 17.3. The second kappa shape index (κ2) is 7.25. The number of rotatable bonds is 3. The Morgan fingerprint density at radius 3 is 2.68 bits per heavy atom. The molecule has 0 bridgehead atoms. The molecule has 3 fully saturated rings. The summed E-state index contributed by atoms with van der Waals surface area (Å²) in [5.41, 5.74) is 0.713. The van der Waals surface area contributed by atoms with E-state index in [-0.39, 0.29) is 12.0 Å².